The molecule has 0 spiro atoms. The molecule has 114 valence electrons. The summed E-state index contributed by atoms with van der Waals surface area (Å²) in [5, 5.41) is 0.690. The fourth-order valence-corrected chi connectivity index (χ4v) is 2.25. The fraction of sp³-hybridized carbons (Fsp3) is 0.222. The number of carbonyl (C=O) groups is 1. The number of carbonyl (C=O) groups excluding carboxylic acids is 1. The number of nitrogens with zero attached hydrogens (tertiary/aromatic N) is 2. The predicted octanol–water partition coefficient (Wildman–Crippen LogP) is 3.84. The van der Waals surface area contributed by atoms with Crippen LogP contribution in [0.15, 0.2) is 54.4 Å². The number of amides is 1. The summed E-state index contributed by atoms with van der Waals surface area (Å²) in [7, 11) is 1.82. The molecule has 1 heterocycles. The van der Waals surface area contributed by atoms with E-state index in [1.54, 1.807) is 17.3 Å². The summed E-state index contributed by atoms with van der Waals surface area (Å²) < 4.78 is 0. The highest BCUT2D eigenvalue weighted by Gasteiger charge is 2.10. The minimum atomic E-state index is 0.0315. The Kier molecular flexibility index (Phi) is 5.73. The molecule has 1 amide bonds. The number of hydrogen-bond donors (Lipinski definition) is 0. The molecule has 0 aliphatic rings. The zero-order chi connectivity index (χ0) is 15.9. The molecular formula is C18H19ClN2O. The molecule has 2 rings (SSSR count). The van der Waals surface area contributed by atoms with Gasteiger partial charge in [-0.25, -0.2) is 0 Å². The third kappa shape index (κ3) is 4.71. The average molecular weight is 315 g/mol. The van der Waals surface area contributed by atoms with Gasteiger partial charge in [-0.05, 0) is 54.8 Å². The van der Waals surface area contributed by atoms with Crippen molar-refractivity contribution in [2.24, 2.45) is 0 Å². The van der Waals surface area contributed by atoms with Gasteiger partial charge >= 0.3 is 0 Å². The van der Waals surface area contributed by atoms with Gasteiger partial charge in [0, 0.05) is 36.6 Å². The molecular weight excluding hydrogens is 296 g/mol. The van der Waals surface area contributed by atoms with Gasteiger partial charge in [-0.15, -0.1) is 0 Å². The molecule has 3 nitrogen and oxygen atoms in total. The van der Waals surface area contributed by atoms with Crippen LogP contribution in [-0.2, 0) is 11.2 Å². The molecule has 0 aliphatic carbocycles. The first-order chi connectivity index (χ1) is 10.6. The number of likely N-dealkylation sites (N-methyl/N-ethyl adjacent to an activating group) is 1. The molecule has 0 aliphatic heterocycles. The van der Waals surface area contributed by atoms with E-state index >= 15 is 0 Å². The van der Waals surface area contributed by atoms with Crippen molar-refractivity contribution in [1.29, 1.82) is 0 Å². The third-order valence-electron chi connectivity index (χ3n) is 3.42. The fourth-order valence-electron chi connectivity index (χ4n) is 2.12. The topological polar surface area (TPSA) is 33.2 Å². The maximum absolute atomic E-state index is 12.4. The van der Waals surface area contributed by atoms with Gasteiger partial charge in [0.25, 0.3) is 0 Å². The van der Waals surface area contributed by atoms with Gasteiger partial charge in [-0.3, -0.25) is 9.78 Å². The lowest BCUT2D eigenvalue weighted by atomic mass is 10.1. The third-order valence-corrected chi connectivity index (χ3v) is 3.67. The van der Waals surface area contributed by atoms with Crippen molar-refractivity contribution in [2.45, 2.75) is 13.3 Å². The monoisotopic (exact) mass is 314 g/mol. The second kappa shape index (κ2) is 7.76. The molecule has 4 heteroatoms. The van der Waals surface area contributed by atoms with Gasteiger partial charge in [0.15, 0.2) is 0 Å². The zero-order valence-electron chi connectivity index (χ0n) is 12.8. The minimum Gasteiger partial charge on any atom is -0.342 e. The Hall–Kier alpha value is -2.13. The molecule has 1 aromatic heterocycles. The molecule has 2 aromatic rings. The van der Waals surface area contributed by atoms with Gasteiger partial charge in [0.2, 0.25) is 5.91 Å². The van der Waals surface area contributed by atoms with Crippen LogP contribution in [0.5, 0.6) is 0 Å². The summed E-state index contributed by atoms with van der Waals surface area (Å²) in [6.07, 6.45) is 6.23. The zero-order valence-corrected chi connectivity index (χ0v) is 13.5. The van der Waals surface area contributed by atoms with Gasteiger partial charge in [-0.1, -0.05) is 23.7 Å². The highest BCUT2D eigenvalue weighted by molar-refractivity contribution is 6.30. The molecule has 22 heavy (non-hydrogen) atoms. The number of pyridine rings is 1. The van der Waals surface area contributed by atoms with Crippen molar-refractivity contribution in [3.05, 3.63) is 70.5 Å². The first-order valence-corrected chi connectivity index (χ1v) is 7.52. The van der Waals surface area contributed by atoms with Crippen LogP contribution in [0.1, 0.15) is 18.1 Å². The molecule has 0 bridgehead atoms. The minimum absolute atomic E-state index is 0.0315. The summed E-state index contributed by atoms with van der Waals surface area (Å²) >= 11 is 5.86. The van der Waals surface area contributed by atoms with E-state index in [0.717, 1.165) is 12.0 Å². The van der Waals surface area contributed by atoms with Crippen LogP contribution in [0.4, 0.5) is 0 Å². The van der Waals surface area contributed by atoms with E-state index in [-0.39, 0.29) is 5.91 Å². The van der Waals surface area contributed by atoms with Gasteiger partial charge in [0.1, 0.15) is 0 Å². The van der Waals surface area contributed by atoms with Crippen molar-refractivity contribution in [3.63, 3.8) is 0 Å². The first kappa shape index (κ1) is 16.2. The van der Waals surface area contributed by atoms with Crippen LogP contribution in [-0.4, -0.2) is 29.4 Å². The lowest BCUT2D eigenvalue weighted by Gasteiger charge is -2.17. The lowest BCUT2D eigenvalue weighted by Crippen LogP contribution is -2.29. The lowest BCUT2D eigenvalue weighted by molar-refractivity contribution is -0.125. The summed E-state index contributed by atoms with van der Waals surface area (Å²) in [4.78, 5) is 18.1. The number of rotatable bonds is 5. The average Bonchev–Trinajstić information content (AvgIpc) is 2.55. The van der Waals surface area contributed by atoms with E-state index in [0.29, 0.717) is 17.1 Å². The molecule has 1 aromatic carbocycles. The van der Waals surface area contributed by atoms with Gasteiger partial charge < -0.3 is 4.90 Å². The molecule has 0 saturated carbocycles. The summed E-state index contributed by atoms with van der Waals surface area (Å²) in [5.41, 5.74) is 2.85. The van der Waals surface area contributed by atoms with Crippen molar-refractivity contribution in [2.75, 3.05) is 13.6 Å². The Morgan fingerprint density at radius 2 is 1.82 bits per heavy atom. The van der Waals surface area contributed by atoms with Crippen LogP contribution in [0.25, 0.3) is 6.08 Å². The Morgan fingerprint density at radius 3 is 2.45 bits per heavy atom. The predicted molar refractivity (Wildman–Crippen MR) is 90.7 cm³/mol. The second-order valence-corrected chi connectivity index (χ2v) is 5.65. The van der Waals surface area contributed by atoms with E-state index in [9.17, 15) is 4.79 Å². The number of benzene rings is 1. The summed E-state index contributed by atoms with van der Waals surface area (Å²) in [6, 6.07) is 11.4. The van der Waals surface area contributed by atoms with Gasteiger partial charge in [0.05, 0.1) is 0 Å². The Morgan fingerprint density at radius 1 is 1.18 bits per heavy atom. The van der Waals surface area contributed by atoms with Crippen molar-refractivity contribution < 1.29 is 4.79 Å². The van der Waals surface area contributed by atoms with E-state index in [1.165, 1.54) is 5.56 Å². The molecule has 0 fully saturated rings. The molecule has 0 unspecified atom stereocenters. The maximum Gasteiger partial charge on any atom is 0.249 e. The Labute approximate surface area is 136 Å². The standard InChI is InChI=1S/C18H19ClN2O/c1-14(13-16-3-5-17(19)6-4-16)18(22)21(2)12-9-15-7-10-20-11-8-15/h3-8,10-11,13H,9,12H2,1-2H3/b14-13+. The van der Waals surface area contributed by atoms with Crippen molar-refractivity contribution in [1.82, 2.24) is 9.88 Å². The van der Waals surface area contributed by atoms with E-state index in [2.05, 4.69) is 4.98 Å². The van der Waals surface area contributed by atoms with Crippen LogP contribution >= 0.6 is 11.6 Å². The quantitative estimate of drug-likeness (QED) is 0.786. The maximum atomic E-state index is 12.4. The first-order valence-electron chi connectivity index (χ1n) is 7.14. The van der Waals surface area contributed by atoms with E-state index in [1.807, 2.05) is 56.4 Å². The van der Waals surface area contributed by atoms with Crippen molar-refractivity contribution in [3.8, 4) is 0 Å². The van der Waals surface area contributed by atoms with Crippen LogP contribution in [0.3, 0.4) is 0 Å². The second-order valence-electron chi connectivity index (χ2n) is 5.21. The Bertz CT molecular complexity index is 651. The molecule has 0 saturated heterocycles. The summed E-state index contributed by atoms with van der Waals surface area (Å²) in [5.74, 6) is 0.0315. The van der Waals surface area contributed by atoms with Crippen LogP contribution in [0, 0.1) is 0 Å². The number of halogens is 1. The smallest absolute Gasteiger partial charge is 0.249 e. The highest BCUT2D eigenvalue weighted by atomic mass is 35.5. The largest absolute Gasteiger partial charge is 0.342 e. The SMILES string of the molecule is C/C(=C\c1ccc(Cl)cc1)C(=O)N(C)CCc1ccncc1. The van der Waals surface area contributed by atoms with Crippen molar-refractivity contribution >= 4 is 23.6 Å². The van der Waals surface area contributed by atoms with Crippen LogP contribution in [0.2, 0.25) is 5.02 Å². The number of hydrogen-bond acceptors (Lipinski definition) is 2. The van der Waals surface area contributed by atoms with Gasteiger partial charge in [-0.2, -0.15) is 0 Å². The highest BCUT2D eigenvalue weighted by Crippen LogP contribution is 2.13. The molecule has 0 N–H and O–H groups in total. The molecule has 0 radical (unpaired) electrons. The van der Waals surface area contributed by atoms with E-state index < -0.39 is 0 Å². The van der Waals surface area contributed by atoms with Crippen LogP contribution < -0.4 is 0 Å². The number of aromatic nitrogens is 1. The normalized spacial score (nSPS) is 11.3. The summed E-state index contributed by atoms with van der Waals surface area (Å²) in [6.45, 7) is 2.51. The van der Waals surface area contributed by atoms with E-state index in [4.69, 9.17) is 11.6 Å². The molecule has 0 atom stereocenters. The Balaban J connectivity index is 1.95.